The highest BCUT2D eigenvalue weighted by atomic mass is 16.2. The molecule has 168 valence electrons. The summed E-state index contributed by atoms with van der Waals surface area (Å²) in [6, 6.07) is 0.556. The number of aliphatic hydroxyl groups excluding tert-OH is 1. The minimum Gasteiger partial charge on any atom is -0.412 e. The molecule has 0 bridgehead atoms. The molecule has 1 aliphatic heterocycles. The Morgan fingerprint density at radius 3 is 1.71 bits per heavy atom. The minimum atomic E-state index is 0. The number of hydrogen-bond acceptors (Lipinski definition) is 8. The third kappa shape index (κ3) is 23.9. The van der Waals surface area contributed by atoms with Gasteiger partial charge < -0.3 is 21.9 Å². The predicted octanol–water partition coefficient (Wildman–Crippen LogP) is 1.42. The molecule has 1 heterocycles. The van der Waals surface area contributed by atoms with E-state index in [-0.39, 0.29) is 5.48 Å². The van der Waals surface area contributed by atoms with Crippen LogP contribution in [0, 0.1) is 5.92 Å². The second-order valence-electron chi connectivity index (χ2n) is 5.10. The second-order valence-corrected chi connectivity index (χ2v) is 5.10. The zero-order chi connectivity index (χ0) is 22.1. The molecule has 0 saturated carbocycles. The number of aliphatic hydroxyl groups is 1. The largest absolute Gasteiger partial charge is 0.412 e. The summed E-state index contributed by atoms with van der Waals surface area (Å²) in [5.41, 5.74) is 5.04. The summed E-state index contributed by atoms with van der Waals surface area (Å²) < 4.78 is 0. The summed E-state index contributed by atoms with van der Waals surface area (Å²) in [4.78, 5) is 9.90. The smallest absolute Gasteiger partial charge is 0.145 e. The highest BCUT2D eigenvalue weighted by Gasteiger charge is 2.15. The molecule has 0 aromatic heterocycles. The Hall–Kier alpha value is -2.07. The molecular weight excluding hydrogens is 360 g/mol. The Balaban J connectivity index is -0.0000000853. The highest BCUT2D eigenvalue weighted by Crippen LogP contribution is 2.09. The number of nitrogens with two attached hydrogens (primary N) is 3. The zero-order valence-electron chi connectivity index (χ0n) is 18.6. The highest BCUT2D eigenvalue weighted by molar-refractivity contribution is 5.77. The number of allylic oxidation sites excluding steroid dienone is 4. The molecule has 0 aromatic carbocycles. The van der Waals surface area contributed by atoms with Gasteiger partial charge in [-0.25, -0.2) is 0 Å². The van der Waals surface area contributed by atoms with Crippen molar-refractivity contribution in [2.75, 3.05) is 7.11 Å². The quantitative estimate of drug-likeness (QED) is 0.152. The fourth-order valence-electron chi connectivity index (χ4n) is 1.76. The number of aldehydes is 1. The lowest BCUT2D eigenvalue weighted by Crippen LogP contribution is -2.22. The third-order valence-electron chi connectivity index (χ3n) is 3.61. The monoisotopic (exact) mass is 404 g/mol. The molecule has 2 atom stereocenters. The van der Waals surface area contributed by atoms with E-state index in [1.165, 1.54) is 12.0 Å². The number of hydrogen-bond donors (Lipinski definition) is 5. The summed E-state index contributed by atoms with van der Waals surface area (Å²) in [5, 5.41) is 14.3. The summed E-state index contributed by atoms with van der Waals surface area (Å²) >= 11 is 0. The third-order valence-corrected chi connectivity index (χ3v) is 3.61. The van der Waals surface area contributed by atoms with Crippen molar-refractivity contribution in [1.82, 2.24) is 5.43 Å². The van der Waals surface area contributed by atoms with Crippen LogP contribution in [0.1, 0.15) is 60.8 Å². The average molecular weight is 405 g/mol. The van der Waals surface area contributed by atoms with Gasteiger partial charge in [0, 0.05) is 31.5 Å². The van der Waals surface area contributed by atoms with Gasteiger partial charge in [-0.1, -0.05) is 32.9 Å². The van der Waals surface area contributed by atoms with Crippen LogP contribution in [0.4, 0.5) is 0 Å². The van der Waals surface area contributed by atoms with Crippen LogP contribution >= 0.6 is 0 Å². The van der Waals surface area contributed by atoms with Gasteiger partial charge in [0.15, 0.2) is 0 Å². The predicted molar refractivity (Wildman–Crippen MR) is 122 cm³/mol. The molecule has 0 fully saturated rings. The maximum Gasteiger partial charge on any atom is 0.145 e. The molecule has 2 unspecified atom stereocenters. The van der Waals surface area contributed by atoms with E-state index in [9.17, 15) is 4.79 Å². The summed E-state index contributed by atoms with van der Waals surface area (Å²) in [6.45, 7) is 12.2. The molecule has 0 radical (unpaired) electrons. The number of carbonyl (C=O) groups excluding carboxylic acids is 1. The molecule has 1 rings (SSSR count). The van der Waals surface area contributed by atoms with Crippen molar-refractivity contribution in [3.05, 3.63) is 23.3 Å². The fourth-order valence-corrected chi connectivity index (χ4v) is 1.76. The van der Waals surface area contributed by atoms with Crippen LogP contribution in [0.3, 0.4) is 0 Å². The molecule has 0 spiro atoms. The number of rotatable bonds is 5. The van der Waals surface area contributed by atoms with E-state index in [0.717, 1.165) is 31.8 Å². The second kappa shape index (κ2) is 32.6. The van der Waals surface area contributed by atoms with E-state index in [0.29, 0.717) is 12.0 Å². The molecule has 9 heteroatoms. The molecule has 1 aliphatic rings. The fraction of sp³-hybridized carbons (Fsp3) is 0.632. The standard InChI is InChI=1S/2C6H12N2.C6H10O.CH4O.H4N2.H2O/c1-3-6-4-7-8-5(6)2;1-3-6(4-2)5-8-7;1-3-6(4-2)5-7;2*1-2;/h4-6,8H,3H2,1-2H3;3,5H,4,7H2,1-2H3;3,5H,4H2,1-2H3;2H,1H3;1-2H2;1H2/b;6-3+,8-5-;6-3+;;;. The van der Waals surface area contributed by atoms with Crippen LogP contribution in [0.2, 0.25) is 0 Å². The first-order valence-corrected chi connectivity index (χ1v) is 9.09. The molecule has 28 heavy (non-hydrogen) atoms. The van der Waals surface area contributed by atoms with Crippen LogP contribution in [0.25, 0.3) is 0 Å². The Bertz CT molecular complexity index is 421. The maximum absolute atomic E-state index is 9.90. The van der Waals surface area contributed by atoms with E-state index in [2.05, 4.69) is 48.1 Å². The summed E-state index contributed by atoms with van der Waals surface area (Å²) in [7, 11) is 1.00. The minimum absolute atomic E-state index is 0. The van der Waals surface area contributed by atoms with Crippen molar-refractivity contribution in [1.29, 1.82) is 0 Å². The molecular formula is C19H44N6O3. The first-order chi connectivity index (χ1) is 13.0. The number of carbonyl (C=O) groups is 1. The van der Waals surface area contributed by atoms with Crippen LogP contribution in [0.15, 0.2) is 33.5 Å². The number of hydrazone groups is 2. The molecule has 0 aromatic rings. The number of hydrazine groups is 1. The van der Waals surface area contributed by atoms with Gasteiger partial charge in [0.2, 0.25) is 0 Å². The lowest BCUT2D eigenvalue weighted by Gasteiger charge is -2.08. The number of nitrogens with one attached hydrogen (secondary N) is 1. The molecule has 0 saturated heterocycles. The molecule has 10 N–H and O–H groups in total. The van der Waals surface area contributed by atoms with Crippen LogP contribution < -0.4 is 23.0 Å². The van der Waals surface area contributed by atoms with Crippen molar-refractivity contribution in [3.8, 4) is 0 Å². The van der Waals surface area contributed by atoms with E-state index in [1.807, 2.05) is 39.1 Å². The average Bonchev–Trinajstić information content (AvgIpc) is 3.16. The Morgan fingerprint density at radius 2 is 1.61 bits per heavy atom. The SMILES string of the molecule is C/C=C(/C=N\N)CC.C/C=C(/C=O)CC.CCC1C=NNC1C.CO.NN.O. The van der Waals surface area contributed by atoms with E-state index < -0.39 is 0 Å². The van der Waals surface area contributed by atoms with Gasteiger partial charge in [0.1, 0.15) is 6.29 Å². The van der Waals surface area contributed by atoms with Crippen molar-refractivity contribution < 1.29 is 15.4 Å². The Morgan fingerprint density at radius 1 is 1.14 bits per heavy atom. The lowest BCUT2D eigenvalue weighted by molar-refractivity contribution is -0.105. The van der Waals surface area contributed by atoms with Crippen LogP contribution in [-0.2, 0) is 4.79 Å². The van der Waals surface area contributed by atoms with Gasteiger partial charge >= 0.3 is 0 Å². The molecule has 0 aliphatic carbocycles. The topological polar surface area (TPSA) is 184 Å². The maximum atomic E-state index is 9.90. The van der Waals surface area contributed by atoms with Crippen molar-refractivity contribution in [2.24, 2.45) is 33.6 Å². The summed E-state index contributed by atoms with van der Waals surface area (Å²) in [6.07, 6.45) is 11.4. The lowest BCUT2D eigenvalue weighted by atomic mass is 10.0. The Kier molecular flexibility index (Phi) is 42.8. The van der Waals surface area contributed by atoms with E-state index in [4.69, 9.17) is 10.9 Å². The van der Waals surface area contributed by atoms with Crippen LogP contribution in [0.5, 0.6) is 0 Å². The first-order valence-electron chi connectivity index (χ1n) is 9.09. The van der Waals surface area contributed by atoms with Crippen molar-refractivity contribution in [2.45, 2.75) is 66.8 Å². The summed E-state index contributed by atoms with van der Waals surface area (Å²) in [5.74, 6) is 13.6. The zero-order valence-corrected chi connectivity index (χ0v) is 18.6. The number of nitrogens with zero attached hydrogens (tertiary/aromatic N) is 2. The van der Waals surface area contributed by atoms with Crippen molar-refractivity contribution >= 4 is 18.7 Å². The first kappa shape index (κ1) is 36.8. The van der Waals surface area contributed by atoms with Gasteiger partial charge in [0.05, 0.1) is 0 Å². The van der Waals surface area contributed by atoms with Gasteiger partial charge in [-0.15, -0.1) is 0 Å². The molecule has 9 nitrogen and oxygen atoms in total. The van der Waals surface area contributed by atoms with E-state index >= 15 is 0 Å². The Labute approximate surface area is 171 Å². The normalized spacial score (nSPS) is 17.1. The van der Waals surface area contributed by atoms with E-state index in [1.54, 1.807) is 6.21 Å². The molecule has 0 amide bonds. The van der Waals surface area contributed by atoms with Crippen molar-refractivity contribution in [3.63, 3.8) is 0 Å². The van der Waals surface area contributed by atoms with Gasteiger partial charge in [0.25, 0.3) is 0 Å². The van der Waals surface area contributed by atoms with Gasteiger partial charge in [-0.3, -0.25) is 16.5 Å². The van der Waals surface area contributed by atoms with Gasteiger partial charge in [-0.05, 0) is 51.2 Å². The van der Waals surface area contributed by atoms with Gasteiger partial charge in [-0.2, -0.15) is 10.2 Å². The van der Waals surface area contributed by atoms with Crippen LogP contribution in [-0.4, -0.2) is 42.4 Å².